The third kappa shape index (κ3) is 3.70. The van der Waals surface area contributed by atoms with Crippen molar-refractivity contribution >= 4 is 11.7 Å². The number of oxazole rings is 1. The van der Waals surface area contributed by atoms with Crippen molar-refractivity contribution < 1.29 is 32.0 Å². The average molecular weight is 344 g/mol. The van der Waals surface area contributed by atoms with Crippen molar-refractivity contribution in [2.45, 2.75) is 26.6 Å². The Morgan fingerprint density at radius 1 is 1.38 bits per heavy atom. The Morgan fingerprint density at radius 3 is 2.54 bits per heavy atom. The number of aryl methyl sites for hydroxylation is 2. The van der Waals surface area contributed by atoms with E-state index in [1.54, 1.807) is 13.8 Å². The largest absolute Gasteiger partial charge is 0.452 e. The maximum atomic E-state index is 12.7. The van der Waals surface area contributed by atoms with Crippen molar-refractivity contribution in [3.8, 4) is 0 Å². The lowest BCUT2D eigenvalue weighted by Crippen LogP contribution is -2.12. The second-order valence-corrected chi connectivity index (χ2v) is 4.81. The Labute approximate surface area is 133 Å². The van der Waals surface area contributed by atoms with Crippen LogP contribution in [-0.2, 0) is 17.5 Å². The molecule has 0 aliphatic rings. The normalized spacial score (nSPS) is 11.4. The highest BCUT2D eigenvalue weighted by molar-refractivity contribution is 5.94. The van der Waals surface area contributed by atoms with Gasteiger partial charge in [-0.1, -0.05) is 0 Å². The number of halogens is 3. The summed E-state index contributed by atoms with van der Waals surface area (Å²) in [6.07, 6.45) is -4.75. The van der Waals surface area contributed by atoms with Gasteiger partial charge >= 0.3 is 12.1 Å². The number of aromatic nitrogens is 1. The molecule has 0 fully saturated rings. The van der Waals surface area contributed by atoms with Crippen molar-refractivity contribution in [1.29, 1.82) is 0 Å². The number of nitro benzene ring substituents is 1. The summed E-state index contributed by atoms with van der Waals surface area (Å²) in [5, 5.41) is 10.9. The molecule has 2 aromatic rings. The number of hydrogen-bond acceptors (Lipinski definition) is 6. The standard InChI is InChI=1S/C14H11F3N2O5/c1-7-8(2)24-12(18-7)6-23-13(20)10-5-9(14(15,16)17)3-4-11(10)19(21)22/h3-5H,6H2,1-2H3. The summed E-state index contributed by atoms with van der Waals surface area (Å²) in [6.45, 7) is 2.83. The van der Waals surface area contributed by atoms with Crippen LogP contribution in [0.2, 0.25) is 0 Å². The number of nitrogens with zero attached hydrogens (tertiary/aromatic N) is 2. The second kappa shape index (κ2) is 6.30. The van der Waals surface area contributed by atoms with Crippen LogP contribution in [0, 0.1) is 24.0 Å². The first-order valence-corrected chi connectivity index (χ1v) is 6.55. The fourth-order valence-electron chi connectivity index (χ4n) is 1.84. The number of ether oxygens (including phenoxy) is 1. The van der Waals surface area contributed by atoms with E-state index in [1.165, 1.54) is 0 Å². The molecular weight excluding hydrogens is 333 g/mol. The van der Waals surface area contributed by atoms with Crippen LogP contribution in [0.5, 0.6) is 0 Å². The minimum Gasteiger partial charge on any atom is -0.452 e. The van der Waals surface area contributed by atoms with Crippen LogP contribution < -0.4 is 0 Å². The van der Waals surface area contributed by atoms with Gasteiger partial charge in [-0.15, -0.1) is 0 Å². The zero-order chi connectivity index (χ0) is 18.1. The quantitative estimate of drug-likeness (QED) is 0.478. The van der Waals surface area contributed by atoms with Gasteiger partial charge in [0.15, 0.2) is 6.61 Å². The van der Waals surface area contributed by atoms with Gasteiger partial charge in [0.05, 0.1) is 16.2 Å². The van der Waals surface area contributed by atoms with Crippen LogP contribution in [0.4, 0.5) is 18.9 Å². The van der Waals surface area contributed by atoms with Crippen LogP contribution in [-0.4, -0.2) is 15.9 Å². The minimum absolute atomic E-state index is 0.0352. The Balaban J connectivity index is 2.27. The van der Waals surface area contributed by atoms with Crippen molar-refractivity contribution in [3.05, 3.63) is 56.8 Å². The molecule has 0 aliphatic carbocycles. The Bertz CT molecular complexity index is 779. The molecule has 10 heteroatoms. The molecule has 1 heterocycles. The molecule has 0 spiro atoms. The van der Waals surface area contributed by atoms with Crippen LogP contribution in [0.3, 0.4) is 0 Å². The molecule has 0 saturated carbocycles. The molecule has 0 unspecified atom stereocenters. The molecule has 0 N–H and O–H groups in total. The maximum absolute atomic E-state index is 12.7. The lowest BCUT2D eigenvalue weighted by Gasteiger charge is -2.09. The number of benzene rings is 1. The summed E-state index contributed by atoms with van der Waals surface area (Å²) in [7, 11) is 0. The molecule has 7 nitrogen and oxygen atoms in total. The highest BCUT2D eigenvalue weighted by Gasteiger charge is 2.34. The first-order valence-electron chi connectivity index (χ1n) is 6.55. The van der Waals surface area contributed by atoms with E-state index in [4.69, 9.17) is 9.15 Å². The fraction of sp³-hybridized carbons (Fsp3) is 0.286. The maximum Gasteiger partial charge on any atom is 0.416 e. The molecule has 0 aliphatic heterocycles. The topological polar surface area (TPSA) is 95.5 Å². The zero-order valence-electron chi connectivity index (χ0n) is 12.5. The van der Waals surface area contributed by atoms with E-state index in [-0.39, 0.29) is 5.89 Å². The number of rotatable bonds is 4. The average Bonchev–Trinajstić information content (AvgIpc) is 2.81. The highest BCUT2D eigenvalue weighted by atomic mass is 19.4. The van der Waals surface area contributed by atoms with Gasteiger partial charge in [-0.05, 0) is 26.0 Å². The van der Waals surface area contributed by atoms with E-state index in [9.17, 15) is 28.1 Å². The van der Waals surface area contributed by atoms with Gasteiger partial charge < -0.3 is 9.15 Å². The molecule has 1 aromatic heterocycles. The van der Waals surface area contributed by atoms with Gasteiger partial charge in [0.25, 0.3) is 5.69 Å². The summed E-state index contributed by atoms with van der Waals surface area (Å²) < 4.78 is 48.1. The molecule has 2 rings (SSSR count). The Morgan fingerprint density at radius 2 is 2.04 bits per heavy atom. The van der Waals surface area contributed by atoms with E-state index in [2.05, 4.69) is 4.98 Å². The number of alkyl halides is 3. The lowest BCUT2D eigenvalue weighted by molar-refractivity contribution is -0.385. The van der Waals surface area contributed by atoms with Crippen LogP contribution in [0.15, 0.2) is 22.6 Å². The van der Waals surface area contributed by atoms with Gasteiger partial charge in [-0.2, -0.15) is 13.2 Å². The van der Waals surface area contributed by atoms with E-state index >= 15 is 0 Å². The molecule has 0 bridgehead atoms. The molecule has 128 valence electrons. The molecule has 0 saturated heterocycles. The van der Waals surface area contributed by atoms with Gasteiger partial charge in [0.1, 0.15) is 11.3 Å². The summed E-state index contributed by atoms with van der Waals surface area (Å²) in [4.78, 5) is 25.8. The predicted octanol–water partition coefficient (Wildman–Crippen LogP) is 3.58. The van der Waals surface area contributed by atoms with E-state index < -0.39 is 40.5 Å². The molecule has 0 amide bonds. The number of nitro groups is 1. The SMILES string of the molecule is Cc1nc(COC(=O)c2cc(C(F)(F)F)ccc2[N+](=O)[O-])oc1C. The number of hydrogen-bond donors (Lipinski definition) is 0. The zero-order valence-corrected chi connectivity index (χ0v) is 12.5. The first kappa shape index (κ1) is 17.4. The molecule has 24 heavy (non-hydrogen) atoms. The van der Waals surface area contributed by atoms with Gasteiger partial charge in [0, 0.05) is 6.07 Å². The summed E-state index contributed by atoms with van der Waals surface area (Å²) in [5.41, 5.74) is -2.21. The summed E-state index contributed by atoms with van der Waals surface area (Å²) >= 11 is 0. The van der Waals surface area contributed by atoms with E-state index in [0.29, 0.717) is 29.7 Å². The molecular formula is C14H11F3N2O5. The third-order valence-corrected chi connectivity index (χ3v) is 3.14. The van der Waals surface area contributed by atoms with Crippen LogP contribution in [0.1, 0.15) is 33.3 Å². The number of carbonyl (C=O) groups is 1. The minimum atomic E-state index is -4.75. The lowest BCUT2D eigenvalue weighted by atomic mass is 10.1. The smallest absolute Gasteiger partial charge is 0.416 e. The van der Waals surface area contributed by atoms with Gasteiger partial charge in [-0.3, -0.25) is 10.1 Å². The van der Waals surface area contributed by atoms with Crippen molar-refractivity contribution in [2.75, 3.05) is 0 Å². The van der Waals surface area contributed by atoms with Crippen LogP contribution >= 0.6 is 0 Å². The second-order valence-electron chi connectivity index (χ2n) is 4.81. The van der Waals surface area contributed by atoms with Gasteiger partial charge in [-0.25, -0.2) is 9.78 Å². The van der Waals surface area contributed by atoms with Gasteiger partial charge in [0.2, 0.25) is 5.89 Å². The number of carbonyl (C=O) groups excluding carboxylic acids is 1. The number of esters is 1. The highest BCUT2D eigenvalue weighted by Crippen LogP contribution is 2.32. The monoisotopic (exact) mass is 344 g/mol. The molecule has 0 atom stereocenters. The van der Waals surface area contributed by atoms with Crippen LogP contribution in [0.25, 0.3) is 0 Å². The Hall–Kier alpha value is -2.91. The predicted molar refractivity (Wildman–Crippen MR) is 73.2 cm³/mol. The summed E-state index contributed by atoms with van der Waals surface area (Å²) in [6, 6.07) is 1.51. The summed E-state index contributed by atoms with van der Waals surface area (Å²) in [5.74, 6) is -0.750. The molecule has 1 aromatic carbocycles. The van der Waals surface area contributed by atoms with Crippen molar-refractivity contribution in [2.24, 2.45) is 0 Å². The third-order valence-electron chi connectivity index (χ3n) is 3.14. The molecule has 0 radical (unpaired) electrons. The fourth-order valence-corrected chi connectivity index (χ4v) is 1.84. The van der Waals surface area contributed by atoms with Crippen molar-refractivity contribution in [1.82, 2.24) is 4.98 Å². The van der Waals surface area contributed by atoms with E-state index in [0.717, 1.165) is 0 Å². The van der Waals surface area contributed by atoms with Crippen molar-refractivity contribution in [3.63, 3.8) is 0 Å². The Kier molecular flexibility index (Phi) is 4.58. The first-order chi connectivity index (χ1) is 11.1. The van der Waals surface area contributed by atoms with E-state index in [1.807, 2.05) is 0 Å².